The van der Waals surface area contributed by atoms with Crippen molar-refractivity contribution in [3.8, 4) is 0 Å². The third-order valence-electron chi connectivity index (χ3n) is 4.44. The van der Waals surface area contributed by atoms with Crippen LogP contribution in [0.25, 0.3) is 10.9 Å². The van der Waals surface area contributed by atoms with Crippen LogP contribution >= 0.6 is 23.5 Å². The van der Waals surface area contributed by atoms with Gasteiger partial charge in [0.1, 0.15) is 0 Å². The average molecular weight is 421 g/mol. The zero-order valence-electron chi connectivity index (χ0n) is 16.2. The molecule has 0 spiro atoms. The highest BCUT2D eigenvalue weighted by Gasteiger charge is 2.28. The molecule has 3 aromatic rings. The average Bonchev–Trinajstić information content (AvgIpc) is 2.96. The van der Waals surface area contributed by atoms with Crippen molar-refractivity contribution in [3.63, 3.8) is 0 Å². The summed E-state index contributed by atoms with van der Waals surface area (Å²) >= 11 is 3.45. The molecule has 2 aromatic carbocycles. The van der Waals surface area contributed by atoms with Crippen molar-refractivity contribution in [1.29, 1.82) is 0 Å². The highest BCUT2D eigenvalue weighted by Crippen LogP contribution is 2.44. The van der Waals surface area contributed by atoms with Gasteiger partial charge in [-0.3, -0.25) is 0 Å². The number of hydrogen-bond donors (Lipinski definition) is 0. The Morgan fingerprint density at radius 3 is 2.30 bits per heavy atom. The number of aromatic nitrogens is 1. The number of thioether (sulfide) groups is 2. The molecule has 0 aliphatic heterocycles. The Bertz CT molecular complexity index is 1070. The van der Waals surface area contributed by atoms with E-state index in [1.165, 1.54) is 8.87 Å². The molecule has 0 saturated carbocycles. The van der Waals surface area contributed by atoms with E-state index in [0.29, 0.717) is 4.90 Å². The van der Waals surface area contributed by atoms with Crippen molar-refractivity contribution in [1.82, 2.24) is 3.97 Å². The Morgan fingerprint density at radius 1 is 1.07 bits per heavy atom. The van der Waals surface area contributed by atoms with E-state index in [1.54, 1.807) is 47.8 Å². The molecule has 0 radical (unpaired) electrons. The van der Waals surface area contributed by atoms with Crippen molar-refractivity contribution in [2.45, 2.75) is 28.5 Å². The first-order valence-corrected chi connectivity index (χ1v) is 12.3. The Kier molecular flexibility index (Phi) is 5.84. The monoisotopic (exact) mass is 420 g/mol. The van der Waals surface area contributed by atoms with Crippen molar-refractivity contribution in [2.75, 3.05) is 31.0 Å². The van der Waals surface area contributed by atoms with Crippen molar-refractivity contribution >= 4 is 50.1 Å². The summed E-state index contributed by atoms with van der Waals surface area (Å²) in [7, 11) is 0.245. The van der Waals surface area contributed by atoms with Crippen LogP contribution < -0.4 is 4.90 Å². The van der Waals surface area contributed by atoms with Crippen LogP contribution in [-0.2, 0) is 10.0 Å². The van der Waals surface area contributed by atoms with Crippen LogP contribution in [0.1, 0.15) is 12.6 Å². The van der Waals surface area contributed by atoms with Gasteiger partial charge in [-0.25, -0.2) is 12.4 Å². The summed E-state index contributed by atoms with van der Waals surface area (Å²) in [5, 5.41) is 1.01. The maximum Gasteiger partial charge on any atom is 0.268 e. The standard InChI is InChI=1S/C20H24N2O2S3/c1-6-26-20-17(25-5)13-12-16-18(20)19(21(3)4)14(2)22(16)27(23,24)15-10-8-7-9-11-15/h7-13H,6H2,1-5H3. The first-order chi connectivity index (χ1) is 12.8. The molecule has 144 valence electrons. The van der Waals surface area contributed by atoms with Gasteiger partial charge in [0.05, 0.1) is 21.8 Å². The van der Waals surface area contributed by atoms with Crippen LogP contribution in [0.15, 0.2) is 57.2 Å². The minimum Gasteiger partial charge on any atom is -0.376 e. The quantitative estimate of drug-likeness (QED) is 0.520. The van der Waals surface area contributed by atoms with E-state index in [-0.39, 0.29) is 0 Å². The number of fused-ring (bicyclic) bond motifs is 1. The van der Waals surface area contributed by atoms with E-state index in [0.717, 1.165) is 32.9 Å². The Labute approximate surface area is 170 Å². The molecule has 0 N–H and O–H groups in total. The van der Waals surface area contributed by atoms with Crippen molar-refractivity contribution in [3.05, 3.63) is 48.2 Å². The summed E-state index contributed by atoms with van der Waals surface area (Å²) in [5.74, 6) is 0.926. The smallest absolute Gasteiger partial charge is 0.268 e. The maximum atomic E-state index is 13.5. The maximum absolute atomic E-state index is 13.5. The van der Waals surface area contributed by atoms with Crippen molar-refractivity contribution in [2.24, 2.45) is 0 Å². The molecule has 7 heteroatoms. The van der Waals surface area contributed by atoms with Gasteiger partial charge >= 0.3 is 0 Å². The molecule has 4 nitrogen and oxygen atoms in total. The third kappa shape index (κ3) is 3.37. The molecule has 0 unspecified atom stereocenters. The number of hydrogen-bond acceptors (Lipinski definition) is 5. The van der Waals surface area contributed by atoms with Gasteiger partial charge in [0.15, 0.2) is 0 Å². The van der Waals surface area contributed by atoms with E-state index < -0.39 is 10.0 Å². The third-order valence-corrected chi connectivity index (χ3v) is 8.17. The molecule has 0 aliphatic carbocycles. The van der Waals surface area contributed by atoms with Crippen LogP contribution in [0.4, 0.5) is 5.69 Å². The molecule has 1 aromatic heterocycles. The lowest BCUT2D eigenvalue weighted by molar-refractivity contribution is 0.588. The molecule has 1 heterocycles. The van der Waals surface area contributed by atoms with Gasteiger partial charge in [0, 0.05) is 29.3 Å². The fourth-order valence-corrected chi connectivity index (χ4v) is 6.75. The van der Waals surface area contributed by atoms with E-state index in [1.807, 2.05) is 44.1 Å². The first-order valence-electron chi connectivity index (χ1n) is 8.67. The van der Waals surface area contributed by atoms with Crippen LogP contribution in [0.3, 0.4) is 0 Å². The number of anilines is 1. The predicted molar refractivity (Wildman–Crippen MR) is 118 cm³/mol. The summed E-state index contributed by atoms with van der Waals surface area (Å²) in [4.78, 5) is 4.63. The highest BCUT2D eigenvalue weighted by atomic mass is 32.2. The molecule has 27 heavy (non-hydrogen) atoms. The Balaban J connectivity index is 2.46. The van der Waals surface area contributed by atoms with Crippen LogP contribution in [-0.4, -0.2) is 38.5 Å². The van der Waals surface area contributed by atoms with Crippen LogP contribution in [0.5, 0.6) is 0 Å². The summed E-state index contributed by atoms with van der Waals surface area (Å²) in [6.07, 6.45) is 2.06. The molecule has 0 aliphatic rings. The fourth-order valence-electron chi connectivity index (χ4n) is 3.41. The van der Waals surface area contributed by atoms with E-state index in [4.69, 9.17) is 0 Å². The lowest BCUT2D eigenvalue weighted by Gasteiger charge is -2.15. The molecule has 0 bridgehead atoms. The second-order valence-corrected chi connectivity index (χ2v) is 10.2. The fraction of sp³-hybridized carbons (Fsp3) is 0.300. The summed E-state index contributed by atoms with van der Waals surface area (Å²) < 4.78 is 28.4. The highest BCUT2D eigenvalue weighted by molar-refractivity contribution is 8.02. The van der Waals surface area contributed by atoms with Gasteiger partial charge in [0.25, 0.3) is 10.0 Å². The van der Waals surface area contributed by atoms with Gasteiger partial charge in [-0.05, 0) is 43.2 Å². The van der Waals surface area contributed by atoms with E-state index in [9.17, 15) is 8.42 Å². The normalized spacial score (nSPS) is 11.9. The largest absolute Gasteiger partial charge is 0.376 e. The molecule has 0 saturated heterocycles. The minimum atomic E-state index is -3.69. The molecule has 0 atom stereocenters. The summed E-state index contributed by atoms with van der Waals surface area (Å²) in [6.45, 7) is 4.00. The molecular formula is C20H24N2O2S3. The summed E-state index contributed by atoms with van der Waals surface area (Å²) in [6, 6.07) is 12.6. The SMILES string of the molecule is CCSc1c(SC)ccc2c1c(N(C)C)c(C)n2S(=O)(=O)c1ccccc1. The van der Waals surface area contributed by atoms with Gasteiger partial charge in [0.2, 0.25) is 0 Å². The van der Waals surface area contributed by atoms with Gasteiger partial charge in [-0.1, -0.05) is 25.1 Å². The van der Waals surface area contributed by atoms with Gasteiger partial charge in [-0.2, -0.15) is 0 Å². The van der Waals surface area contributed by atoms with Crippen LogP contribution in [0, 0.1) is 6.92 Å². The number of rotatable bonds is 6. The first kappa shape index (κ1) is 20.2. The second-order valence-electron chi connectivity index (χ2n) is 6.34. The van der Waals surface area contributed by atoms with Gasteiger partial charge < -0.3 is 4.90 Å². The Hall–Kier alpha value is -1.57. The predicted octanol–water partition coefficient (Wildman–Crippen LogP) is 5.09. The molecule has 0 fully saturated rings. The van der Waals surface area contributed by atoms with E-state index >= 15 is 0 Å². The number of nitrogens with zero attached hydrogens (tertiary/aromatic N) is 2. The minimum absolute atomic E-state index is 0.300. The topological polar surface area (TPSA) is 42.3 Å². The Morgan fingerprint density at radius 2 is 1.74 bits per heavy atom. The zero-order valence-corrected chi connectivity index (χ0v) is 18.6. The van der Waals surface area contributed by atoms with E-state index in [2.05, 4.69) is 13.2 Å². The molecule has 3 rings (SSSR count). The molecular weight excluding hydrogens is 396 g/mol. The van der Waals surface area contributed by atoms with Gasteiger partial charge in [-0.15, -0.1) is 23.5 Å². The lowest BCUT2D eigenvalue weighted by atomic mass is 10.2. The zero-order chi connectivity index (χ0) is 19.8. The summed E-state index contributed by atoms with van der Waals surface area (Å²) in [5.41, 5.74) is 2.42. The number of benzene rings is 2. The van der Waals surface area contributed by atoms with Crippen LogP contribution in [0.2, 0.25) is 0 Å². The second kappa shape index (κ2) is 7.81. The molecule has 0 amide bonds. The lowest BCUT2D eigenvalue weighted by Crippen LogP contribution is -2.16. The van der Waals surface area contributed by atoms with Crippen molar-refractivity contribution < 1.29 is 8.42 Å².